The molecule has 0 bridgehead atoms. The third kappa shape index (κ3) is 2.95. The van der Waals surface area contributed by atoms with Gasteiger partial charge in [-0.05, 0) is 35.9 Å². The van der Waals surface area contributed by atoms with E-state index in [1.165, 1.54) is 0 Å². The Bertz CT molecular complexity index is 876. The molecule has 25 heavy (non-hydrogen) atoms. The Hall–Kier alpha value is -2.54. The Balaban J connectivity index is 1.75. The van der Waals surface area contributed by atoms with Crippen LogP contribution in [0.5, 0.6) is 23.0 Å². The molecule has 0 saturated heterocycles. The lowest BCUT2D eigenvalue weighted by Gasteiger charge is -2.10. The van der Waals surface area contributed by atoms with E-state index in [-0.39, 0.29) is 19.4 Å². The molecule has 2 heterocycles. The Morgan fingerprint density at radius 2 is 1.60 bits per heavy atom. The van der Waals surface area contributed by atoms with E-state index in [0.717, 1.165) is 0 Å². The second kappa shape index (κ2) is 6.40. The smallest absolute Gasteiger partial charge is 0.231 e. The van der Waals surface area contributed by atoms with Crippen LogP contribution in [-0.4, -0.2) is 29.3 Å². The van der Waals surface area contributed by atoms with Crippen LogP contribution in [0.3, 0.4) is 0 Å². The van der Waals surface area contributed by atoms with Crippen molar-refractivity contribution in [1.82, 2.24) is 0 Å². The lowest BCUT2D eigenvalue weighted by atomic mass is 9.98. The summed E-state index contributed by atoms with van der Waals surface area (Å²) in [5.41, 5.74) is 1.63. The van der Waals surface area contributed by atoms with E-state index in [1.54, 1.807) is 30.3 Å². The highest BCUT2D eigenvalue weighted by Gasteiger charge is 2.24. The van der Waals surface area contributed by atoms with Crippen LogP contribution in [0.4, 0.5) is 0 Å². The van der Waals surface area contributed by atoms with Crippen LogP contribution in [0.2, 0.25) is 0 Å². The molecule has 0 N–H and O–H groups in total. The van der Waals surface area contributed by atoms with Gasteiger partial charge in [0.1, 0.15) is 0 Å². The summed E-state index contributed by atoms with van der Waals surface area (Å²) >= 11 is 0. The molecule has 0 saturated carbocycles. The Morgan fingerprint density at radius 3 is 2.32 bits per heavy atom. The number of fused-ring (bicyclic) bond motifs is 2. The molecule has 4 rings (SSSR count). The maximum Gasteiger partial charge on any atom is 0.231 e. The minimum Gasteiger partial charge on any atom is -0.454 e. The largest absolute Gasteiger partial charge is 0.454 e. The van der Waals surface area contributed by atoms with Crippen molar-refractivity contribution in [3.8, 4) is 23.0 Å². The summed E-state index contributed by atoms with van der Waals surface area (Å²) in [6, 6.07) is 8.48. The zero-order valence-electron chi connectivity index (χ0n) is 13.6. The van der Waals surface area contributed by atoms with Gasteiger partial charge < -0.3 is 18.9 Å². The molecule has 2 aliphatic rings. The second-order valence-electron chi connectivity index (χ2n) is 5.63. The summed E-state index contributed by atoms with van der Waals surface area (Å²) in [6.45, 7) is 2.12. The summed E-state index contributed by atoms with van der Waals surface area (Å²) < 4.78 is 33.4. The van der Waals surface area contributed by atoms with Crippen molar-refractivity contribution in [3.63, 3.8) is 0 Å². The molecule has 0 radical (unpaired) electrons. The van der Waals surface area contributed by atoms with Crippen molar-refractivity contribution in [2.45, 2.75) is 12.7 Å². The molecule has 0 aliphatic carbocycles. The number of carbonyl (C=O) groups is 1. The fraction of sp³-hybridized carbons (Fsp3) is 0.278. The predicted molar refractivity (Wildman–Crippen MR) is 90.9 cm³/mol. The van der Waals surface area contributed by atoms with Crippen LogP contribution in [0.15, 0.2) is 30.3 Å². The molecule has 2 aliphatic heterocycles. The van der Waals surface area contributed by atoms with Crippen molar-refractivity contribution in [3.05, 3.63) is 47.0 Å². The van der Waals surface area contributed by atoms with Crippen LogP contribution in [0, 0.1) is 0 Å². The van der Waals surface area contributed by atoms with Gasteiger partial charge in [-0.3, -0.25) is 9.00 Å². The molecule has 0 spiro atoms. The van der Waals surface area contributed by atoms with Gasteiger partial charge in [0.25, 0.3) is 0 Å². The molecule has 130 valence electrons. The molecule has 2 aromatic rings. The maximum atomic E-state index is 13.0. The summed E-state index contributed by atoms with van der Waals surface area (Å²) in [4.78, 5) is 13.0. The fourth-order valence-corrected chi connectivity index (χ4v) is 3.57. The Morgan fingerprint density at radius 1 is 0.960 bits per heavy atom. The summed E-state index contributed by atoms with van der Waals surface area (Å²) in [7, 11) is -1.05. The van der Waals surface area contributed by atoms with Crippen molar-refractivity contribution in [2.75, 3.05) is 19.3 Å². The monoisotopic (exact) mass is 360 g/mol. The van der Waals surface area contributed by atoms with Gasteiger partial charge in [0.05, 0.1) is 0 Å². The third-order valence-corrected chi connectivity index (χ3v) is 5.39. The van der Waals surface area contributed by atoms with E-state index < -0.39 is 10.8 Å². The molecule has 1 atom stereocenters. The average molecular weight is 360 g/mol. The van der Waals surface area contributed by atoms with Crippen molar-refractivity contribution in [1.29, 1.82) is 0 Å². The molecule has 7 heteroatoms. The van der Waals surface area contributed by atoms with Crippen LogP contribution in [0.25, 0.3) is 0 Å². The van der Waals surface area contributed by atoms with Gasteiger partial charge >= 0.3 is 0 Å². The van der Waals surface area contributed by atoms with E-state index in [9.17, 15) is 9.00 Å². The molecule has 1 unspecified atom stereocenters. The molecular formula is C18H16O6S. The van der Waals surface area contributed by atoms with Gasteiger partial charge in [0.2, 0.25) is 13.6 Å². The molecule has 0 fully saturated rings. The van der Waals surface area contributed by atoms with Gasteiger partial charge in [-0.1, -0.05) is 6.92 Å². The standard InChI is InChI=1S/C18H16O6S/c1-2-25(20)8-12-6-16-17(24-10-23-16)7-13(12)18(19)11-3-4-14-15(5-11)22-9-21-14/h3-7H,2,8-10H2,1H3. The zero-order chi connectivity index (χ0) is 17.4. The van der Waals surface area contributed by atoms with Gasteiger partial charge in [-0.15, -0.1) is 0 Å². The van der Waals surface area contributed by atoms with E-state index >= 15 is 0 Å². The van der Waals surface area contributed by atoms with E-state index in [0.29, 0.717) is 51.2 Å². The lowest BCUT2D eigenvalue weighted by molar-refractivity contribution is 0.103. The first-order valence-electron chi connectivity index (χ1n) is 7.87. The van der Waals surface area contributed by atoms with Gasteiger partial charge in [-0.2, -0.15) is 0 Å². The minimum absolute atomic E-state index is 0.118. The first-order chi connectivity index (χ1) is 12.2. The van der Waals surface area contributed by atoms with Crippen molar-refractivity contribution >= 4 is 16.6 Å². The second-order valence-corrected chi connectivity index (χ2v) is 7.38. The maximum absolute atomic E-state index is 13.0. The molecule has 0 amide bonds. The highest BCUT2D eigenvalue weighted by Crippen LogP contribution is 2.37. The fourth-order valence-electron chi connectivity index (χ4n) is 2.78. The lowest BCUT2D eigenvalue weighted by Crippen LogP contribution is -2.08. The highest BCUT2D eigenvalue weighted by molar-refractivity contribution is 7.84. The zero-order valence-corrected chi connectivity index (χ0v) is 14.4. The third-order valence-electron chi connectivity index (χ3n) is 4.12. The Kier molecular flexibility index (Phi) is 4.09. The van der Waals surface area contributed by atoms with Crippen molar-refractivity contribution < 1.29 is 28.0 Å². The number of carbonyl (C=O) groups excluding carboxylic acids is 1. The molecular weight excluding hydrogens is 344 g/mol. The van der Waals surface area contributed by atoms with E-state index in [4.69, 9.17) is 18.9 Å². The van der Waals surface area contributed by atoms with Crippen LogP contribution < -0.4 is 18.9 Å². The first kappa shape index (κ1) is 16.0. The number of rotatable bonds is 5. The van der Waals surface area contributed by atoms with E-state index in [2.05, 4.69) is 0 Å². The highest BCUT2D eigenvalue weighted by atomic mass is 32.2. The van der Waals surface area contributed by atoms with Crippen LogP contribution in [-0.2, 0) is 16.6 Å². The Labute approximate surface area is 147 Å². The van der Waals surface area contributed by atoms with Gasteiger partial charge in [-0.25, -0.2) is 0 Å². The quantitative estimate of drug-likeness (QED) is 0.764. The van der Waals surface area contributed by atoms with Crippen LogP contribution >= 0.6 is 0 Å². The number of benzene rings is 2. The molecule has 2 aromatic carbocycles. The molecule has 6 nitrogen and oxygen atoms in total. The predicted octanol–water partition coefficient (Wildman–Crippen LogP) is 2.64. The average Bonchev–Trinajstić information content (AvgIpc) is 3.28. The number of hydrogen-bond donors (Lipinski definition) is 0. The first-order valence-corrected chi connectivity index (χ1v) is 9.36. The normalized spacial score (nSPS) is 15.2. The number of ether oxygens (including phenoxy) is 4. The summed E-state index contributed by atoms with van der Waals surface area (Å²) in [6.07, 6.45) is 0. The minimum atomic E-state index is -1.05. The van der Waals surface area contributed by atoms with Gasteiger partial charge in [0, 0.05) is 33.4 Å². The number of ketones is 1. The summed E-state index contributed by atoms with van der Waals surface area (Å²) in [5, 5.41) is 0. The number of hydrogen-bond acceptors (Lipinski definition) is 6. The summed E-state index contributed by atoms with van der Waals surface area (Å²) in [5.74, 6) is 2.89. The van der Waals surface area contributed by atoms with E-state index in [1.807, 2.05) is 6.92 Å². The molecule has 0 aromatic heterocycles. The SMILES string of the molecule is CCS(=O)Cc1cc2c(cc1C(=O)c1ccc3c(c1)OCO3)OCO2. The van der Waals surface area contributed by atoms with Crippen molar-refractivity contribution in [2.24, 2.45) is 0 Å². The van der Waals surface area contributed by atoms with Crippen LogP contribution in [0.1, 0.15) is 28.4 Å². The van der Waals surface area contributed by atoms with Gasteiger partial charge in [0.15, 0.2) is 28.8 Å². The topological polar surface area (TPSA) is 71.1 Å².